The fourth-order valence-electron chi connectivity index (χ4n) is 1.86. The van der Waals surface area contributed by atoms with E-state index in [1.165, 1.54) is 17.7 Å². The topological polar surface area (TPSA) is 38.0 Å². The van der Waals surface area contributed by atoms with Crippen LogP contribution in [-0.4, -0.2) is 6.54 Å². The summed E-state index contributed by atoms with van der Waals surface area (Å²) in [6.07, 6.45) is 0. The Balaban J connectivity index is 1.99. The van der Waals surface area contributed by atoms with E-state index >= 15 is 0 Å². The monoisotopic (exact) mass is 244 g/mol. The minimum atomic E-state index is -0.311. The van der Waals surface area contributed by atoms with Gasteiger partial charge in [0.25, 0.3) is 0 Å². The molecule has 2 aromatic rings. The Kier molecular flexibility index (Phi) is 3.82. The minimum Gasteiger partial charge on any atom is -0.397 e. The van der Waals surface area contributed by atoms with Gasteiger partial charge in [-0.3, -0.25) is 0 Å². The van der Waals surface area contributed by atoms with E-state index in [1.54, 1.807) is 6.07 Å². The number of hydrogen-bond donors (Lipinski definition) is 2. The van der Waals surface area contributed by atoms with Crippen LogP contribution in [-0.2, 0) is 0 Å². The van der Waals surface area contributed by atoms with Crippen LogP contribution in [0, 0.1) is 5.82 Å². The summed E-state index contributed by atoms with van der Waals surface area (Å²) in [5.41, 5.74) is 8.23. The Morgan fingerprint density at radius 1 is 1.17 bits per heavy atom. The van der Waals surface area contributed by atoms with Crippen LogP contribution in [0.3, 0.4) is 0 Å². The van der Waals surface area contributed by atoms with Crippen molar-refractivity contribution in [3.63, 3.8) is 0 Å². The summed E-state index contributed by atoms with van der Waals surface area (Å²) in [6, 6.07) is 14.7. The zero-order valence-electron chi connectivity index (χ0n) is 10.4. The molecule has 0 aliphatic carbocycles. The highest BCUT2D eigenvalue weighted by Crippen LogP contribution is 2.21. The minimum absolute atomic E-state index is 0.311. The zero-order chi connectivity index (χ0) is 13.0. The van der Waals surface area contributed by atoms with Gasteiger partial charge in [0.15, 0.2) is 0 Å². The number of benzene rings is 2. The molecule has 0 aromatic heterocycles. The van der Waals surface area contributed by atoms with E-state index < -0.39 is 0 Å². The second-order valence-corrected chi connectivity index (χ2v) is 4.42. The molecule has 1 unspecified atom stereocenters. The van der Waals surface area contributed by atoms with E-state index in [4.69, 9.17) is 5.73 Å². The standard InChI is InChI=1S/C15H17FN2/c1-11(12-5-3-2-4-6-12)10-18-15-8-7-13(16)9-14(15)17/h2-9,11,18H,10,17H2,1H3. The Hall–Kier alpha value is -2.03. The third-order valence-corrected chi connectivity index (χ3v) is 2.98. The fraction of sp³-hybridized carbons (Fsp3) is 0.200. The molecule has 2 aromatic carbocycles. The van der Waals surface area contributed by atoms with Gasteiger partial charge in [-0.15, -0.1) is 0 Å². The van der Waals surface area contributed by atoms with Gasteiger partial charge in [0.1, 0.15) is 5.82 Å². The molecule has 2 nitrogen and oxygen atoms in total. The first-order valence-electron chi connectivity index (χ1n) is 6.00. The lowest BCUT2D eigenvalue weighted by Gasteiger charge is -2.15. The van der Waals surface area contributed by atoms with Gasteiger partial charge in [-0.05, 0) is 29.7 Å². The molecule has 18 heavy (non-hydrogen) atoms. The molecular weight excluding hydrogens is 227 g/mol. The molecule has 0 heterocycles. The lowest BCUT2D eigenvalue weighted by atomic mass is 10.0. The first-order chi connectivity index (χ1) is 8.66. The van der Waals surface area contributed by atoms with Gasteiger partial charge < -0.3 is 11.1 Å². The van der Waals surface area contributed by atoms with Crippen molar-refractivity contribution in [2.45, 2.75) is 12.8 Å². The molecule has 1 atom stereocenters. The molecule has 0 spiro atoms. The SMILES string of the molecule is CC(CNc1ccc(F)cc1N)c1ccccc1. The van der Waals surface area contributed by atoms with Crippen LogP contribution in [0.15, 0.2) is 48.5 Å². The summed E-state index contributed by atoms with van der Waals surface area (Å²) < 4.78 is 12.9. The van der Waals surface area contributed by atoms with Gasteiger partial charge >= 0.3 is 0 Å². The number of hydrogen-bond acceptors (Lipinski definition) is 2. The maximum Gasteiger partial charge on any atom is 0.125 e. The summed E-state index contributed by atoms with van der Waals surface area (Å²) in [5, 5.41) is 3.25. The van der Waals surface area contributed by atoms with Crippen LogP contribution in [0.25, 0.3) is 0 Å². The summed E-state index contributed by atoms with van der Waals surface area (Å²) >= 11 is 0. The molecule has 0 amide bonds. The Morgan fingerprint density at radius 3 is 2.56 bits per heavy atom. The van der Waals surface area contributed by atoms with Crippen molar-refractivity contribution in [3.8, 4) is 0 Å². The number of nitrogens with two attached hydrogens (primary N) is 1. The van der Waals surface area contributed by atoms with Crippen molar-refractivity contribution in [1.29, 1.82) is 0 Å². The number of rotatable bonds is 4. The van der Waals surface area contributed by atoms with Crippen LogP contribution in [0.1, 0.15) is 18.4 Å². The summed E-state index contributed by atoms with van der Waals surface area (Å²) in [5.74, 6) is 0.0600. The van der Waals surface area contributed by atoms with Gasteiger partial charge in [-0.25, -0.2) is 4.39 Å². The quantitative estimate of drug-likeness (QED) is 0.806. The third-order valence-electron chi connectivity index (χ3n) is 2.98. The molecule has 0 bridgehead atoms. The van der Waals surface area contributed by atoms with E-state index in [2.05, 4.69) is 24.4 Å². The van der Waals surface area contributed by atoms with Crippen LogP contribution in [0.4, 0.5) is 15.8 Å². The van der Waals surface area contributed by atoms with Crippen LogP contribution < -0.4 is 11.1 Å². The highest BCUT2D eigenvalue weighted by atomic mass is 19.1. The normalized spacial score (nSPS) is 12.1. The molecule has 3 N–H and O–H groups in total. The molecule has 94 valence electrons. The molecule has 0 radical (unpaired) electrons. The Labute approximate surface area is 107 Å². The van der Waals surface area contributed by atoms with Gasteiger partial charge in [-0.1, -0.05) is 37.3 Å². The molecule has 2 rings (SSSR count). The van der Waals surface area contributed by atoms with E-state index in [1.807, 2.05) is 18.2 Å². The van der Waals surface area contributed by atoms with E-state index in [9.17, 15) is 4.39 Å². The van der Waals surface area contributed by atoms with Crippen molar-refractivity contribution >= 4 is 11.4 Å². The summed E-state index contributed by atoms with van der Waals surface area (Å²) in [4.78, 5) is 0. The van der Waals surface area contributed by atoms with E-state index in [0.717, 1.165) is 12.2 Å². The predicted octanol–water partition coefficient (Wildman–Crippen LogP) is 3.62. The molecule has 3 heteroatoms. The maximum absolute atomic E-state index is 12.9. The van der Waals surface area contributed by atoms with Gasteiger partial charge in [0.2, 0.25) is 0 Å². The molecule has 0 fully saturated rings. The van der Waals surface area contributed by atoms with Crippen molar-refractivity contribution in [2.75, 3.05) is 17.6 Å². The van der Waals surface area contributed by atoms with Gasteiger partial charge in [0, 0.05) is 6.54 Å². The number of nitrogen functional groups attached to an aromatic ring is 1. The fourth-order valence-corrected chi connectivity index (χ4v) is 1.86. The largest absolute Gasteiger partial charge is 0.397 e. The summed E-state index contributed by atoms with van der Waals surface area (Å²) in [7, 11) is 0. The number of nitrogens with one attached hydrogen (secondary N) is 1. The second-order valence-electron chi connectivity index (χ2n) is 4.42. The van der Waals surface area contributed by atoms with E-state index in [-0.39, 0.29) is 5.82 Å². The van der Waals surface area contributed by atoms with Gasteiger partial charge in [0.05, 0.1) is 11.4 Å². The highest BCUT2D eigenvalue weighted by Gasteiger charge is 2.06. The number of halogens is 1. The molecule has 0 aliphatic heterocycles. The van der Waals surface area contributed by atoms with Gasteiger partial charge in [-0.2, -0.15) is 0 Å². The Bertz CT molecular complexity index is 511. The molecule has 0 saturated heterocycles. The predicted molar refractivity (Wildman–Crippen MR) is 74.2 cm³/mol. The maximum atomic E-state index is 12.9. The number of anilines is 2. The average molecular weight is 244 g/mol. The zero-order valence-corrected chi connectivity index (χ0v) is 10.4. The lowest BCUT2D eigenvalue weighted by molar-refractivity contribution is 0.628. The van der Waals surface area contributed by atoms with Crippen molar-refractivity contribution in [3.05, 3.63) is 59.9 Å². The van der Waals surface area contributed by atoms with Crippen molar-refractivity contribution in [2.24, 2.45) is 0 Å². The smallest absolute Gasteiger partial charge is 0.125 e. The lowest BCUT2D eigenvalue weighted by Crippen LogP contribution is -2.11. The third kappa shape index (κ3) is 3.00. The molecule has 0 saturated carbocycles. The summed E-state index contributed by atoms with van der Waals surface area (Å²) in [6.45, 7) is 2.90. The molecule has 0 aliphatic rings. The van der Waals surface area contributed by atoms with Crippen molar-refractivity contribution < 1.29 is 4.39 Å². The van der Waals surface area contributed by atoms with Crippen LogP contribution in [0.2, 0.25) is 0 Å². The molecular formula is C15H17FN2. The average Bonchev–Trinajstić information content (AvgIpc) is 2.38. The first kappa shape index (κ1) is 12.4. The van der Waals surface area contributed by atoms with Crippen molar-refractivity contribution in [1.82, 2.24) is 0 Å². The van der Waals surface area contributed by atoms with Crippen LogP contribution >= 0.6 is 0 Å². The van der Waals surface area contributed by atoms with Crippen LogP contribution in [0.5, 0.6) is 0 Å². The first-order valence-corrected chi connectivity index (χ1v) is 6.00. The Morgan fingerprint density at radius 2 is 1.89 bits per heavy atom. The second kappa shape index (κ2) is 5.54. The highest BCUT2D eigenvalue weighted by molar-refractivity contribution is 5.65. The van der Waals surface area contributed by atoms with E-state index in [0.29, 0.717) is 11.6 Å².